The summed E-state index contributed by atoms with van der Waals surface area (Å²) in [5, 5.41) is 10.4. The molecule has 1 aliphatic heterocycles. The summed E-state index contributed by atoms with van der Waals surface area (Å²) in [6, 6.07) is 14.6. The number of hydrogen-bond donors (Lipinski definition) is 2. The number of aromatic amines is 1. The fraction of sp³-hybridized carbons (Fsp3) is 0.235. The molecule has 3 aromatic rings. The van der Waals surface area contributed by atoms with Crippen molar-refractivity contribution in [3.05, 3.63) is 60.0 Å². The number of rotatable bonds is 5. The maximum Gasteiger partial charge on any atom is 0.152 e. The molecule has 0 aliphatic carbocycles. The lowest BCUT2D eigenvalue weighted by Gasteiger charge is -2.11. The topological polar surface area (TPSA) is 53.9 Å². The van der Waals surface area contributed by atoms with Gasteiger partial charge in [-0.15, -0.1) is 11.8 Å². The third-order valence-electron chi connectivity index (χ3n) is 3.92. The smallest absolute Gasteiger partial charge is 0.152 e. The zero-order chi connectivity index (χ0) is 14.8. The molecule has 112 valence electrons. The molecule has 22 heavy (non-hydrogen) atoms. The number of benzene rings is 1. The zero-order valence-corrected chi connectivity index (χ0v) is 12.9. The molecule has 0 spiro atoms. The van der Waals surface area contributed by atoms with Gasteiger partial charge in [0.05, 0.1) is 6.54 Å². The van der Waals surface area contributed by atoms with Crippen LogP contribution >= 0.6 is 11.8 Å². The molecular formula is C17H17N3OS. The van der Waals surface area contributed by atoms with E-state index in [2.05, 4.69) is 39.8 Å². The van der Waals surface area contributed by atoms with Crippen LogP contribution in [0.5, 0.6) is 0 Å². The quantitative estimate of drug-likeness (QED) is 0.755. The largest absolute Gasteiger partial charge is 0.458 e. The predicted octanol–water partition coefficient (Wildman–Crippen LogP) is 3.65. The van der Waals surface area contributed by atoms with Gasteiger partial charge in [-0.1, -0.05) is 18.2 Å². The van der Waals surface area contributed by atoms with E-state index in [9.17, 15) is 0 Å². The maximum atomic E-state index is 5.82. The minimum atomic E-state index is 0.586. The van der Waals surface area contributed by atoms with Gasteiger partial charge in [0.1, 0.15) is 11.5 Å². The Hall–Kier alpha value is -1.98. The Balaban J connectivity index is 1.35. The lowest BCUT2D eigenvalue weighted by atomic mass is 10.0. The van der Waals surface area contributed by atoms with Gasteiger partial charge in [-0.3, -0.25) is 5.10 Å². The van der Waals surface area contributed by atoms with E-state index in [0.717, 1.165) is 36.1 Å². The summed E-state index contributed by atoms with van der Waals surface area (Å²) < 4.78 is 5.82. The second-order valence-corrected chi connectivity index (χ2v) is 6.47. The molecule has 4 rings (SSSR count). The highest BCUT2D eigenvalue weighted by atomic mass is 32.2. The Morgan fingerprint density at radius 1 is 1.23 bits per heavy atom. The number of thioether (sulfide) groups is 1. The van der Waals surface area contributed by atoms with Crippen LogP contribution in [0.2, 0.25) is 0 Å². The molecule has 0 fully saturated rings. The number of hydrogen-bond acceptors (Lipinski definition) is 4. The minimum Gasteiger partial charge on any atom is -0.458 e. The van der Waals surface area contributed by atoms with Gasteiger partial charge in [-0.25, -0.2) is 0 Å². The highest BCUT2D eigenvalue weighted by Gasteiger charge is 2.22. The first-order valence-corrected chi connectivity index (χ1v) is 8.39. The van der Waals surface area contributed by atoms with Gasteiger partial charge in [0.25, 0.3) is 0 Å². The molecule has 3 heterocycles. The van der Waals surface area contributed by atoms with Crippen molar-refractivity contribution in [2.24, 2.45) is 0 Å². The van der Waals surface area contributed by atoms with Crippen LogP contribution in [0.15, 0.2) is 58.0 Å². The molecular weight excluding hydrogens is 294 g/mol. The fourth-order valence-electron chi connectivity index (χ4n) is 2.78. The first-order chi connectivity index (χ1) is 10.9. The molecule has 1 aromatic carbocycles. The van der Waals surface area contributed by atoms with Gasteiger partial charge in [0, 0.05) is 29.3 Å². The standard InChI is InChI=1S/C17H17N3OS/c1-2-4-17-14(3-1)12(11-22-17)9-18-10-13-5-6-16(21-13)15-7-8-19-20-15/h1-8,12,18H,9-11H2,(H,19,20). The summed E-state index contributed by atoms with van der Waals surface area (Å²) in [6.07, 6.45) is 1.73. The lowest BCUT2D eigenvalue weighted by molar-refractivity contribution is 0.486. The third kappa shape index (κ3) is 2.69. The van der Waals surface area contributed by atoms with Crippen LogP contribution in [0, 0.1) is 0 Å². The van der Waals surface area contributed by atoms with E-state index >= 15 is 0 Å². The number of aromatic nitrogens is 2. The van der Waals surface area contributed by atoms with Crippen LogP contribution in [0.3, 0.4) is 0 Å². The van der Waals surface area contributed by atoms with Gasteiger partial charge in [-0.05, 0) is 29.8 Å². The highest BCUT2D eigenvalue weighted by Crippen LogP contribution is 2.38. The second-order valence-electron chi connectivity index (χ2n) is 5.41. The van der Waals surface area contributed by atoms with Crippen LogP contribution in [0.1, 0.15) is 17.2 Å². The van der Waals surface area contributed by atoms with Crippen LogP contribution in [-0.2, 0) is 6.54 Å². The van der Waals surface area contributed by atoms with Crippen molar-refractivity contribution in [2.45, 2.75) is 17.4 Å². The number of furan rings is 1. The van der Waals surface area contributed by atoms with Crippen LogP contribution in [-0.4, -0.2) is 22.5 Å². The van der Waals surface area contributed by atoms with Crippen molar-refractivity contribution in [2.75, 3.05) is 12.3 Å². The molecule has 1 atom stereocenters. The third-order valence-corrected chi connectivity index (χ3v) is 5.17. The Morgan fingerprint density at radius 2 is 2.18 bits per heavy atom. The maximum absolute atomic E-state index is 5.82. The van der Waals surface area contributed by atoms with E-state index in [0.29, 0.717) is 5.92 Å². The van der Waals surface area contributed by atoms with E-state index in [-0.39, 0.29) is 0 Å². The average Bonchev–Trinajstić information content (AvgIpc) is 3.28. The molecule has 0 bridgehead atoms. The van der Waals surface area contributed by atoms with E-state index < -0.39 is 0 Å². The van der Waals surface area contributed by atoms with E-state index in [1.54, 1.807) is 6.20 Å². The van der Waals surface area contributed by atoms with Gasteiger partial charge in [-0.2, -0.15) is 5.10 Å². The van der Waals surface area contributed by atoms with Crippen molar-refractivity contribution in [3.63, 3.8) is 0 Å². The summed E-state index contributed by atoms with van der Waals surface area (Å²) in [5.41, 5.74) is 2.38. The Labute approximate surface area is 133 Å². The normalized spacial score (nSPS) is 16.8. The molecule has 0 saturated carbocycles. The molecule has 1 aliphatic rings. The van der Waals surface area contributed by atoms with Crippen molar-refractivity contribution < 1.29 is 4.42 Å². The van der Waals surface area contributed by atoms with Crippen molar-refractivity contribution in [1.82, 2.24) is 15.5 Å². The van der Waals surface area contributed by atoms with Crippen molar-refractivity contribution in [1.29, 1.82) is 0 Å². The molecule has 0 radical (unpaired) electrons. The monoisotopic (exact) mass is 311 g/mol. The Morgan fingerprint density at radius 3 is 3.09 bits per heavy atom. The van der Waals surface area contributed by atoms with E-state index in [1.165, 1.54) is 10.5 Å². The predicted molar refractivity (Wildman–Crippen MR) is 87.9 cm³/mol. The van der Waals surface area contributed by atoms with E-state index in [4.69, 9.17) is 4.42 Å². The van der Waals surface area contributed by atoms with E-state index in [1.807, 2.05) is 30.0 Å². The SMILES string of the molecule is c1ccc2c(c1)SCC2CNCc1ccc(-c2ccn[nH]2)o1. The number of nitrogens with zero attached hydrogens (tertiary/aromatic N) is 1. The van der Waals surface area contributed by atoms with Crippen LogP contribution in [0.4, 0.5) is 0 Å². The average molecular weight is 311 g/mol. The summed E-state index contributed by atoms with van der Waals surface area (Å²) in [7, 11) is 0. The van der Waals surface area contributed by atoms with Gasteiger partial charge in [0.2, 0.25) is 0 Å². The number of H-pyrrole nitrogens is 1. The summed E-state index contributed by atoms with van der Waals surface area (Å²) in [5.74, 6) is 3.52. The molecule has 0 saturated heterocycles. The number of nitrogens with one attached hydrogen (secondary N) is 2. The highest BCUT2D eigenvalue weighted by molar-refractivity contribution is 7.99. The Bertz CT molecular complexity index is 751. The number of fused-ring (bicyclic) bond motifs is 1. The first-order valence-electron chi connectivity index (χ1n) is 7.41. The summed E-state index contributed by atoms with van der Waals surface area (Å²) >= 11 is 1.95. The minimum absolute atomic E-state index is 0.586. The lowest BCUT2D eigenvalue weighted by Crippen LogP contribution is -2.20. The zero-order valence-electron chi connectivity index (χ0n) is 12.1. The first kappa shape index (κ1) is 13.7. The van der Waals surface area contributed by atoms with Crippen molar-refractivity contribution >= 4 is 11.8 Å². The summed E-state index contributed by atoms with van der Waals surface area (Å²) in [6.45, 7) is 1.72. The van der Waals surface area contributed by atoms with Gasteiger partial charge >= 0.3 is 0 Å². The molecule has 2 N–H and O–H groups in total. The van der Waals surface area contributed by atoms with Crippen LogP contribution < -0.4 is 5.32 Å². The molecule has 2 aromatic heterocycles. The fourth-order valence-corrected chi connectivity index (χ4v) is 4.03. The van der Waals surface area contributed by atoms with Crippen LogP contribution in [0.25, 0.3) is 11.5 Å². The molecule has 0 amide bonds. The van der Waals surface area contributed by atoms with Gasteiger partial charge in [0.15, 0.2) is 5.76 Å². The second kappa shape index (κ2) is 6.02. The Kier molecular flexibility index (Phi) is 3.74. The van der Waals surface area contributed by atoms with Crippen molar-refractivity contribution in [3.8, 4) is 11.5 Å². The summed E-state index contributed by atoms with van der Waals surface area (Å²) in [4.78, 5) is 1.42. The molecule has 1 unspecified atom stereocenters. The molecule has 5 heteroatoms. The van der Waals surface area contributed by atoms with Gasteiger partial charge < -0.3 is 9.73 Å². The molecule has 4 nitrogen and oxygen atoms in total.